The van der Waals surface area contributed by atoms with Crippen LogP contribution in [0.2, 0.25) is 0 Å². The number of rotatable bonds is 3. The third-order valence-corrected chi connectivity index (χ3v) is 6.21. The molecule has 0 fully saturated rings. The summed E-state index contributed by atoms with van der Waals surface area (Å²) < 4.78 is 0. The lowest BCUT2D eigenvalue weighted by Gasteiger charge is -2.37. The molecule has 2 aliphatic rings. The van der Waals surface area contributed by atoms with Crippen LogP contribution in [0.5, 0.6) is 0 Å². The molecule has 0 heterocycles. The quantitative estimate of drug-likeness (QED) is 0.557. The summed E-state index contributed by atoms with van der Waals surface area (Å²) in [6.45, 7) is 15.1. The fraction of sp³-hybridized carbons (Fsp3) is 0.167. The third-order valence-electron chi connectivity index (χ3n) is 6.21. The second kappa shape index (κ2) is 6.81. The molecule has 2 aliphatic carbocycles. The SMILES string of the molecule is [C-]#[N+]C([N+]#[C-])C1(C2(C(C#N)C#N)C(=O)c3ccccc3C2=O)C(=O)c2ccccc2C1=O. The standard InChI is InChI=1S/C24H10N4O4/c1-27-22(28-2)24(20(31)16-9-5-6-10-17(16)21(24)32)23(13(11-25)12-26)18(29)14-7-3-4-8-15(14)19(23)30/h3-10,13,22H. The number of fused-ring (bicyclic) bond motifs is 2. The molecule has 4 rings (SSSR count). The van der Waals surface area contributed by atoms with Crippen molar-refractivity contribution in [1.29, 1.82) is 10.5 Å². The Morgan fingerprint density at radius 3 is 1.25 bits per heavy atom. The lowest BCUT2D eigenvalue weighted by atomic mass is 9.51. The van der Waals surface area contributed by atoms with E-state index in [0.29, 0.717) is 0 Å². The van der Waals surface area contributed by atoms with Crippen LogP contribution in [0.4, 0.5) is 0 Å². The van der Waals surface area contributed by atoms with E-state index in [1.165, 1.54) is 48.5 Å². The van der Waals surface area contributed by atoms with Gasteiger partial charge < -0.3 is 0 Å². The summed E-state index contributed by atoms with van der Waals surface area (Å²) in [4.78, 5) is 61.6. The molecule has 0 radical (unpaired) electrons. The molecule has 8 heteroatoms. The second-order valence-electron chi connectivity index (χ2n) is 7.35. The molecule has 0 spiro atoms. The largest absolute Gasteiger partial charge is 0.496 e. The number of hydrogen-bond donors (Lipinski definition) is 0. The first kappa shape index (κ1) is 20.4. The van der Waals surface area contributed by atoms with Gasteiger partial charge in [-0.3, -0.25) is 19.2 Å². The van der Waals surface area contributed by atoms with Crippen LogP contribution >= 0.6 is 0 Å². The van der Waals surface area contributed by atoms with Crippen molar-refractivity contribution in [2.45, 2.75) is 6.17 Å². The van der Waals surface area contributed by atoms with Crippen LogP contribution in [0.3, 0.4) is 0 Å². The van der Waals surface area contributed by atoms with Gasteiger partial charge in [-0.1, -0.05) is 48.5 Å². The van der Waals surface area contributed by atoms with Crippen molar-refractivity contribution in [3.05, 3.63) is 93.6 Å². The zero-order valence-electron chi connectivity index (χ0n) is 16.2. The van der Waals surface area contributed by atoms with Crippen molar-refractivity contribution in [3.8, 4) is 12.1 Å². The molecule has 2 aromatic carbocycles. The van der Waals surface area contributed by atoms with Crippen molar-refractivity contribution in [2.24, 2.45) is 16.7 Å². The monoisotopic (exact) mass is 418 g/mol. The normalized spacial score (nSPS) is 17.3. The molecule has 0 saturated carbocycles. The maximum Gasteiger partial charge on any atom is 0.496 e. The number of carbonyl (C=O) groups is 4. The van der Waals surface area contributed by atoms with E-state index in [0.717, 1.165) is 0 Å². The van der Waals surface area contributed by atoms with E-state index in [-0.39, 0.29) is 22.3 Å². The van der Waals surface area contributed by atoms with Crippen LogP contribution in [0.1, 0.15) is 41.4 Å². The van der Waals surface area contributed by atoms with Crippen molar-refractivity contribution < 1.29 is 19.2 Å². The molecule has 0 atom stereocenters. The number of Topliss-reactive ketones (excluding diaryl/α,β-unsaturated/α-hetero) is 4. The Morgan fingerprint density at radius 1 is 0.656 bits per heavy atom. The maximum atomic E-state index is 13.8. The number of nitriles is 2. The average molecular weight is 418 g/mol. The highest BCUT2D eigenvalue weighted by Crippen LogP contribution is 2.61. The van der Waals surface area contributed by atoms with E-state index in [1.54, 1.807) is 12.1 Å². The molecular weight excluding hydrogens is 408 g/mol. The highest BCUT2D eigenvalue weighted by Gasteiger charge is 2.85. The first-order valence-corrected chi connectivity index (χ1v) is 9.29. The van der Waals surface area contributed by atoms with E-state index in [4.69, 9.17) is 13.1 Å². The number of carbonyl (C=O) groups excluding carboxylic acids is 4. The summed E-state index contributed by atoms with van der Waals surface area (Å²) >= 11 is 0. The van der Waals surface area contributed by atoms with E-state index in [9.17, 15) is 29.7 Å². The van der Waals surface area contributed by atoms with E-state index in [1.807, 2.05) is 0 Å². The fourth-order valence-corrected chi connectivity index (χ4v) is 4.90. The Balaban J connectivity index is 2.23. The first-order valence-electron chi connectivity index (χ1n) is 9.29. The van der Waals surface area contributed by atoms with Crippen LogP contribution in [0.15, 0.2) is 48.5 Å². The molecule has 150 valence electrons. The van der Waals surface area contributed by atoms with Gasteiger partial charge in [0.15, 0.2) is 34.5 Å². The second-order valence-corrected chi connectivity index (χ2v) is 7.35. The number of nitrogens with zero attached hydrogens (tertiary/aromatic N) is 4. The molecule has 0 unspecified atom stereocenters. The number of benzene rings is 2. The molecule has 0 bridgehead atoms. The molecule has 8 nitrogen and oxygen atoms in total. The Bertz CT molecular complexity index is 1220. The summed E-state index contributed by atoms with van der Waals surface area (Å²) in [5, 5.41) is 19.6. The van der Waals surface area contributed by atoms with Crippen molar-refractivity contribution in [3.63, 3.8) is 0 Å². The molecule has 0 amide bonds. The molecule has 0 aromatic heterocycles. The minimum Gasteiger partial charge on any atom is -0.293 e. The van der Waals surface area contributed by atoms with Crippen LogP contribution in [-0.2, 0) is 0 Å². The van der Waals surface area contributed by atoms with Crippen molar-refractivity contribution in [2.75, 3.05) is 0 Å². The summed E-state index contributed by atoms with van der Waals surface area (Å²) in [6, 6.07) is 14.2. The highest BCUT2D eigenvalue weighted by atomic mass is 16.2. The van der Waals surface area contributed by atoms with E-state index < -0.39 is 46.0 Å². The summed E-state index contributed by atoms with van der Waals surface area (Å²) in [6.07, 6.45) is -2.14. The predicted molar refractivity (Wildman–Crippen MR) is 107 cm³/mol. The highest BCUT2D eigenvalue weighted by molar-refractivity contribution is 6.41. The van der Waals surface area contributed by atoms with Gasteiger partial charge in [0.05, 0.1) is 12.1 Å². The van der Waals surface area contributed by atoms with Gasteiger partial charge in [-0.25, -0.2) is 22.8 Å². The van der Waals surface area contributed by atoms with Crippen molar-refractivity contribution >= 4 is 23.1 Å². The topological polar surface area (TPSA) is 125 Å². The first-order chi connectivity index (χ1) is 15.4. The molecule has 0 N–H and O–H groups in total. The summed E-state index contributed by atoms with van der Waals surface area (Å²) in [5.74, 6) is -6.43. The minimum absolute atomic E-state index is 0.166. The Labute approximate surface area is 181 Å². The average Bonchev–Trinajstić information content (AvgIpc) is 3.19. The lowest BCUT2D eigenvalue weighted by Crippen LogP contribution is -2.63. The fourth-order valence-electron chi connectivity index (χ4n) is 4.90. The lowest BCUT2D eigenvalue weighted by molar-refractivity contribution is 0.0233. The van der Waals surface area contributed by atoms with Gasteiger partial charge in [0.25, 0.3) is 5.41 Å². The summed E-state index contributed by atoms with van der Waals surface area (Å²) in [5.41, 5.74) is -6.41. The maximum absolute atomic E-state index is 13.8. The zero-order valence-corrected chi connectivity index (χ0v) is 16.2. The Kier molecular flexibility index (Phi) is 4.33. The zero-order chi connectivity index (χ0) is 23.3. The van der Waals surface area contributed by atoms with Gasteiger partial charge in [0, 0.05) is 22.3 Å². The van der Waals surface area contributed by atoms with Gasteiger partial charge in [-0.2, -0.15) is 10.5 Å². The predicted octanol–water partition coefficient (Wildman–Crippen LogP) is 2.95. The van der Waals surface area contributed by atoms with Crippen LogP contribution in [0, 0.1) is 52.6 Å². The molecule has 0 saturated heterocycles. The molecular formula is C24H10N4O4. The van der Waals surface area contributed by atoms with Crippen LogP contribution in [0.25, 0.3) is 9.69 Å². The van der Waals surface area contributed by atoms with Gasteiger partial charge in [0.2, 0.25) is 0 Å². The van der Waals surface area contributed by atoms with Crippen LogP contribution < -0.4 is 0 Å². The molecule has 0 aliphatic heterocycles. The van der Waals surface area contributed by atoms with E-state index >= 15 is 0 Å². The Morgan fingerprint density at radius 2 is 0.969 bits per heavy atom. The van der Waals surface area contributed by atoms with Gasteiger partial charge in [-0.05, 0) is 0 Å². The van der Waals surface area contributed by atoms with Crippen LogP contribution in [-0.4, -0.2) is 29.3 Å². The smallest absolute Gasteiger partial charge is 0.293 e. The minimum atomic E-state index is -2.87. The molecule has 32 heavy (non-hydrogen) atoms. The number of ketones is 4. The van der Waals surface area contributed by atoms with E-state index in [2.05, 4.69) is 9.69 Å². The molecule has 2 aromatic rings. The van der Waals surface area contributed by atoms with Gasteiger partial charge in [0.1, 0.15) is 0 Å². The third kappa shape index (κ3) is 1.96. The summed E-state index contributed by atoms with van der Waals surface area (Å²) in [7, 11) is 0. The Hall–Kier alpha value is -4.92. The van der Waals surface area contributed by atoms with Gasteiger partial charge >= 0.3 is 6.17 Å². The van der Waals surface area contributed by atoms with Crippen molar-refractivity contribution in [1.82, 2.24) is 0 Å². The number of hydrogen-bond acceptors (Lipinski definition) is 6. The van der Waals surface area contributed by atoms with Gasteiger partial charge in [-0.15, -0.1) is 0 Å².